The minimum atomic E-state index is -3.27. The van der Waals surface area contributed by atoms with Gasteiger partial charge in [-0.1, -0.05) is 12.8 Å². The summed E-state index contributed by atoms with van der Waals surface area (Å²) < 4.78 is 28.1. The lowest BCUT2D eigenvalue weighted by Crippen LogP contribution is -2.45. The molecular weight excluding hydrogens is 226 g/mol. The van der Waals surface area contributed by atoms with Gasteiger partial charge in [-0.15, -0.1) is 0 Å². The largest absolute Gasteiger partial charge is 0.316 e. The molecule has 1 aliphatic rings. The summed E-state index contributed by atoms with van der Waals surface area (Å²) in [7, 11) is -1.44. The number of nitrogens with zero attached hydrogens (tertiary/aromatic N) is 1. The Morgan fingerprint density at radius 3 is 2.25 bits per heavy atom. The van der Waals surface area contributed by atoms with Crippen LogP contribution in [0.5, 0.6) is 0 Å². The van der Waals surface area contributed by atoms with Gasteiger partial charge in [0.2, 0.25) is 0 Å². The first-order valence-corrected chi connectivity index (χ1v) is 7.42. The first-order valence-electron chi connectivity index (χ1n) is 5.98. The van der Waals surface area contributed by atoms with Crippen LogP contribution < -0.4 is 10.0 Å². The third kappa shape index (κ3) is 4.37. The normalized spacial score (nSPS) is 21.6. The molecule has 0 aromatic heterocycles. The summed E-state index contributed by atoms with van der Waals surface area (Å²) in [5.74, 6) is 0. The second-order valence-corrected chi connectivity index (χ2v) is 6.11. The molecule has 1 heterocycles. The molecule has 1 fully saturated rings. The highest BCUT2D eigenvalue weighted by molar-refractivity contribution is 7.87. The van der Waals surface area contributed by atoms with Gasteiger partial charge in [0.1, 0.15) is 0 Å². The van der Waals surface area contributed by atoms with Gasteiger partial charge in [-0.2, -0.15) is 12.7 Å². The van der Waals surface area contributed by atoms with Gasteiger partial charge in [0.25, 0.3) is 10.2 Å². The van der Waals surface area contributed by atoms with Crippen LogP contribution in [-0.2, 0) is 10.2 Å². The maximum absolute atomic E-state index is 11.9. The van der Waals surface area contributed by atoms with Crippen LogP contribution in [0.25, 0.3) is 0 Å². The molecule has 0 saturated carbocycles. The van der Waals surface area contributed by atoms with Crippen LogP contribution >= 0.6 is 0 Å². The Balaban J connectivity index is 2.48. The van der Waals surface area contributed by atoms with Crippen molar-refractivity contribution in [3.05, 3.63) is 0 Å². The van der Waals surface area contributed by atoms with Gasteiger partial charge in [0, 0.05) is 25.7 Å². The van der Waals surface area contributed by atoms with Crippen molar-refractivity contribution in [1.29, 1.82) is 0 Å². The SMILES string of the molecule is CNC(C)CNS(=O)(=O)N1CCCCCC1. The summed E-state index contributed by atoms with van der Waals surface area (Å²) in [5, 5.41) is 3.01. The Bertz CT molecular complexity index is 284. The topological polar surface area (TPSA) is 61.4 Å². The summed E-state index contributed by atoms with van der Waals surface area (Å²) in [6, 6.07) is 0.154. The average Bonchev–Trinajstić information content (AvgIpc) is 2.54. The Labute approximate surface area is 98.8 Å². The van der Waals surface area contributed by atoms with Crippen molar-refractivity contribution in [2.24, 2.45) is 0 Å². The summed E-state index contributed by atoms with van der Waals surface area (Å²) >= 11 is 0. The predicted octanol–water partition coefficient (Wildman–Crippen LogP) is 0.305. The molecule has 2 N–H and O–H groups in total. The van der Waals surface area contributed by atoms with Crippen molar-refractivity contribution in [2.45, 2.75) is 38.6 Å². The molecule has 1 atom stereocenters. The van der Waals surface area contributed by atoms with E-state index < -0.39 is 10.2 Å². The van der Waals surface area contributed by atoms with E-state index >= 15 is 0 Å². The predicted molar refractivity (Wildman–Crippen MR) is 65.5 cm³/mol. The first kappa shape index (κ1) is 13.9. The summed E-state index contributed by atoms with van der Waals surface area (Å²) in [5.41, 5.74) is 0. The molecule has 6 heteroatoms. The molecule has 16 heavy (non-hydrogen) atoms. The zero-order chi connectivity index (χ0) is 12.0. The molecule has 0 aromatic rings. The van der Waals surface area contributed by atoms with Crippen LogP contribution in [0.2, 0.25) is 0 Å². The van der Waals surface area contributed by atoms with E-state index in [0.29, 0.717) is 19.6 Å². The second kappa shape index (κ2) is 6.54. The molecule has 0 bridgehead atoms. The highest BCUT2D eigenvalue weighted by Crippen LogP contribution is 2.12. The van der Waals surface area contributed by atoms with Crippen molar-refractivity contribution in [2.75, 3.05) is 26.7 Å². The fraction of sp³-hybridized carbons (Fsp3) is 1.00. The van der Waals surface area contributed by atoms with Gasteiger partial charge in [-0.3, -0.25) is 0 Å². The van der Waals surface area contributed by atoms with E-state index in [4.69, 9.17) is 0 Å². The molecule has 5 nitrogen and oxygen atoms in total. The summed E-state index contributed by atoms with van der Waals surface area (Å²) in [6.07, 6.45) is 4.23. The lowest BCUT2D eigenvalue weighted by molar-refractivity contribution is 0.411. The van der Waals surface area contributed by atoms with E-state index in [1.807, 2.05) is 14.0 Å². The molecule has 0 amide bonds. The Morgan fingerprint density at radius 2 is 1.75 bits per heavy atom. The highest BCUT2D eigenvalue weighted by Gasteiger charge is 2.22. The van der Waals surface area contributed by atoms with Crippen molar-refractivity contribution in [1.82, 2.24) is 14.3 Å². The van der Waals surface area contributed by atoms with E-state index in [1.54, 1.807) is 4.31 Å². The minimum absolute atomic E-state index is 0.154. The molecule has 96 valence electrons. The van der Waals surface area contributed by atoms with Crippen LogP contribution in [0.3, 0.4) is 0 Å². The minimum Gasteiger partial charge on any atom is -0.316 e. The molecule has 1 saturated heterocycles. The number of hydrogen-bond acceptors (Lipinski definition) is 3. The average molecular weight is 249 g/mol. The quantitative estimate of drug-likeness (QED) is 0.737. The van der Waals surface area contributed by atoms with Gasteiger partial charge in [0.15, 0.2) is 0 Å². The maximum Gasteiger partial charge on any atom is 0.279 e. The lowest BCUT2D eigenvalue weighted by Gasteiger charge is -2.21. The van der Waals surface area contributed by atoms with Gasteiger partial charge in [0.05, 0.1) is 0 Å². The summed E-state index contributed by atoms with van der Waals surface area (Å²) in [4.78, 5) is 0. The van der Waals surface area contributed by atoms with Crippen molar-refractivity contribution >= 4 is 10.2 Å². The molecule has 1 aliphatic heterocycles. The third-order valence-corrected chi connectivity index (χ3v) is 4.55. The molecule has 1 unspecified atom stereocenters. The zero-order valence-corrected chi connectivity index (χ0v) is 11.0. The Kier molecular flexibility index (Phi) is 5.68. The van der Waals surface area contributed by atoms with Crippen molar-refractivity contribution < 1.29 is 8.42 Å². The van der Waals surface area contributed by atoms with Gasteiger partial charge < -0.3 is 5.32 Å². The monoisotopic (exact) mass is 249 g/mol. The fourth-order valence-electron chi connectivity index (χ4n) is 1.71. The highest BCUT2D eigenvalue weighted by atomic mass is 32.2. The second-order valence-electron chi connectivity index (χ2n) is 4.36. The van der Waals surface area contributed by atoms with Crippen molar-refractivity contribution in [3.8, 4) is 0 Å². The standard InChI is InChI=1S/C10H23N3O2S/c1-10(11-2)9-12-16(14,15)13-7-5-3-4-6-8-13/h10-12H,3-9H2,1-2H3. The summed E-state index contributed by atoms with van der Waals surface area (Å²) in [6.45, 7) is 3.70. The van der Waals surface area contributed by atoms with Crippen molar-refractivity contribution in [3.63, 3.8) is 0 Å². The van der Waals surface area contributed by atoms with Gasteiger partial charge in [-0.05, 0) is 26.8 Å². The lowest BCUT2D eigenvalue weighted by atomic mass is 10.2. The number of nitrogens with one attached hydrogen (secondary N) is 2. The van der Waals surface area contributed by atoms with Crippen LogP contribution in [0.1, 0.15) is 32.6 Å². The first-order chi connectivity index (χ1) is 7.56. The molecule has 0 radical (unpaired) electrons. The van der Waals surface area contributed by atoms with Crippen LogP contribution in [0.15, 0.2) is 0 Å². The maximum atomic E-state index is 11.9. The number of likely N-dealkylation sites (N-methyl/N-ethyl adjacent to an activating group) is 1. The third-order valence-electron chi connectivity index (χ3n) is 2.97. The van der Waals surface area contributed by atoms with Gasteiger partial charge in [-0.25, -0.2) is 4.72 Å². The number of rotatable bonds is 5. The molecule has 1 rings (SSSR count). The molecule has 0 aromatic carbocycles. The smallest absolute Gasteiger partial charge is 0.279 e. The Hall–Kier alpha value is -0.170. The van der Waals surface area contributed by atoms with Gasteiger partial charge >= 0.3 is 0 Å². The molecule has 0 aliphatic carbocycles. The van der Waals surface area contributed by atoms with Crippen LogP contribution in [-0.4, -0.2) is 45.4 Å². The molecule has 0 spiro atoms. The van der Waals surface area contributed by atoms with E-state index in [0.717, 1.165) is 25.7 Å². The van der Waals surface area contributed by atoms with E-state index in [2.05, 4.69) is 10.0 Å². The fourth-order valence-corrected chi connectivity index (χ4v) is 3.09. The van der Waals surface area contributed by atoms with Crippen LogP contribution in [0.4, 0.5) is 0 Å². The van der Waals surface area contributed by atoms with E-state index in [9.17, 15) is 8.42 Å². The Morgan fingerprint density at radius 1 is 1.19 bits per heavy atom. The van der Waals surface area contributed by atoms with E-state index in [1.165, 1.54) is 0 Å². The number of hydrogen-bond donors (Lipinski definition) is 2. The van der Waals surface area contributed by atoms with Crippen LogP contribution in [0, 0.1) is 0 Å². The molecular formula is C10H23N3O2S. The zero-order valence-electron chi connectivity index (χ0n) is 10.2. The van der Waals surface area contributed by atoms with E-state index in [-0.39, 0.29) is 6.04 Å².